The highest BCUT2D eigenvalue weighted by atomic mass is 16.5. The molecule has 0 aromatic heterocycles. The zero-order valence-electron chi connectivity index (χ0n) is 20.1. The largest absolute Gasteiger partial charge is 0.508 e. The number of phenols is 4. The summed E-state index contributed by atoms with van der Waals surface area (Å²) in [5, 5.41) is 38.0. The normalized spacial score (nSPS) is 17.7. The van der Waals surface area contributed by atoms with Crippen molar-refractivity contribution in [3.05, 3.63) is 107 Å². The van der Waals surface area contributed by atoms with Crippen molar-refractivity contribution in [2.24, 2.45) is 0 Å². The van der Waals surface area contributed by atoms with Crippen molar-refractivity contribution in [2.75, 3.05) is 0 Å². The summed E-state index contributed by atoms with van der Waals surface area (Å²) in [5.74, 6) is -0.522. The van der Waals surface area contributed by atoms with E-state index in [4.69, 9.17) is 9.47 Å². The minimum absolute atomic E-state index is 0.0183. The van der Waals surface area contributed by atoms with Gasteiger partial charge in [-0.1, -0.05) is 48.5 Å². The molecular formula is C30H24O8. The molecule has 4 N–H and O–H groups in total. The Bertz CT molecular complexity index is 1510. The third-order valence-corrected chi connectivity index (χ3v) is 6.36. The minimum Gasteiger partial charge on any atom is -0.508 e. The number of aromatic hydroxyl groups is 4. The van der Waals surface area contributed by atoms with E-state index >= 15 is 0 Å². The van der Waals surface area contributed by atoms with Crippen LogP contribution in [0.4, 0.5) is 0 Å². The zero-order chi connectivity index (χ0) is 26.8. The molecule has 0 saturated carbocycles. The number of Topliss-reactive ketones (excluding diaryl/α,β-unsaturated/α-hetero) is 2. The second-order valence-corrected chi connectivity index (χ2v) is 8.96. The van der Waals surface area contributed by atoms with Crippen molar-refractivity contribution in [3.63, 3.8) is 0 Å². The Hall–Kier alpha value is -4.98. The van der Waals surface area contributed by atoms with Gasteiger partial charge in [0.15, 0.2) is 23.1 Å². The second kappa shape index (κ2) is 10.2. The molecule has 4 aromatic rings. The average molecular weight is 513 g/mol. The molecule has 0 radical (unpaired) electrons. The molecule has 6 rings (SSSR count). The number of carbonyl (C=O) groups is 2. The van der Waals surface area contributed by atoms with E-state index in [-0.39, 0.29) is 58.4 Å². The predicted molar refractivity (Wildman–Crippen MR) is 137 cm³/mol. The fourth-order valence-corrected chi connectivity index (χ4v) is 4.48. The fraction of sp³-hybridized carbons (Fsp3) is 0.133. The molecule has 2 atom stereocenters. The van der Waals surface area contributed by atoms with E-state index < -0.39 is 6.10 Å². The molecule has 4 aromatic carbocycles. The summed E-state index contributed by atoms with van der Waals surface area (Å²) in [4.78, 5) is 24.1. The van der Waals surface area contributed by atoms with Crippen LogP contribution in [0.5, 0.6) is 34.5 Å². The molecular weight excluding hydrogens is 488 g/mol. The fourth-order valence-electron chi connectivity index (χ4n) is 4.48. The molecule has 0 amide bonds. The third-order valence-electron chi connectivity index (χ3n) is 6.36. The number of hydrogen-bond donors (Lipinski definition) is 4. The van der Waals surface area contributed by atoms with E-state index in [1.165, 1.54) is 24.3 Å². The van der Waals surface area contributed by atoms with Crippen molar-refractivity contribution < 1.29 is 39.5 Å². The van der Waals surface area contributed by atoms with Gasteiger partial charge in [-0.25, -0.2) is 0 Å². The molecule has 0 fully saturated rings. The summed E-state index contributed by atoms with van der Waals surface area (Å²) in [6.07, 6.45) is -0.423. The van der Waals surface area contributed by atoms with Crippen LogP contribution in [0.15, 0.2) is 84.9 Å². The number of hydrogen-bond acceptors (Lipinski definition) is 8. The molecule has 38 heavy (non-hydrogen) atoms. The van der Waals surface area contributed by atoms with Gasteiger partial charge in [-0.3, -0.25) is 9.59 Å². The summed E-state index contributed by atoms with van der Waals surface area (Å²) < 4.78 is 11.5. The van der Waals surface area contributed by atoms with Gasteiger partial charge < -0.3 is 29.9 Å². The van der Waals surface area contributed by atoms with E-state index in [0.717, 1.165) is 11.6 Å². The van der Waals surface area contributed by atoms with Gasteiger partial charge in [0.25, 0.3) is 0 Å². The molecule has 192 valence electrons. The molecule has 2 aliphatic heterocycles. The Morgan fingerprint density at radius 3 is 2.00 bits per heavy atom. The lowest BCUT2D eigenvalue weighted by Gasteiger charge is -2.26. The summed E-state index contributed by atoms with van der Waals surface area (Å²) >= 11 is 0. The highest BCUT2D eigenvalue weighted by Gasteiger charge is 2.31. The van der Waals surface area contributed by atoms with Crippen LogP contribution in [0.2, 0.25) is 0 Å². The SMILES string of the molecule is O=C1CC(c2ccccc2)Oc2ccccc21.O=C1C[C@@H](c2ccc(O)c(O)c2)Oc2cc(O)cc(O)c21. The Balaban J connectivity index is 0.000000158. The van der Waals surface area contributed by atoms with E-state index in [1.807, 2.05) is 54.6 Å². The standard InChI is InChI=1S/C15H12O6.C15H12O2/c16-8-4-11(19)15-12(20)6-13(21-14(15)5-8)7-1-2-9(17)10(18)3-7;16-13-10-15(11-6-2-1-3-7-11)17-14-9-5-4-8-12(13)14/h1-5,13,16-19H,6H2;1-9,15H,10H2/t13-;/m0./s1. The lowest BCUT2D eigenvalue weighted by Crippen LogP contribution is -2.20. The third kappa shape index (κ3) is 4.97. The van der Waals surface area contributed by atoms with Crippen molar-refractivity contribution in [1.29, 1.82) is 0 Å². The molecule has 8 nitrogen and oxygen atoms in total. The predicted octanol–water partition coefficient (Wildman–Crippen LogP) is 5.61. The average Bonchev–Trinajstić information content (AvgIpc) is 2.90. The Kier molecular flexibility index (Phi) is 6.62. The van der Waals surface area contributed by atoms with Gasteiger partial charge in [0, 0.05) is 12.1 Å². The lowest BCUT2D eigenvalue weighted by atomic mass is 9.95. The Labute approximate surface area is 218 Å². The second-order valence-electron chi connectivity index (χ2n) is 8.96. The smallest absolute Gasteiger partial charge is 0.174 e. The van der Waals surface area contributed by atoms with Crippen LogP contribution in [0.25, 0.3) is 0 Å². The monoisotopic (exact) mass is 512 g/mol. The van der Waals surface area contributed by atoms with Crippen molar-refractivity contribution in [2.45, 2.75) is 25.0 Å². The first kappa shape index (κ1) is 24.7. The van der Waals surface area contributed by atoms with Gasteiger partial charge in [-0.15, -0.1) is 0 Å². The van der Waals surface area contributed by atoms with Crippen LogP contribution in [0.3, 0.4) is 0 Å². The summed E-state index contributed by atoms with van der Waals surface area (Å²) in [7, 11) is 0. The van der Waals surface area contributed by atoms with E-state index in [1.54, 1.807) is 0 Å². The molecule has 0 saturated heterocycles. The minimum atomic E-state index is -0.669. The van der Waals surface area contributed by atoms with Crippen molar-refractivity contribution in [1.82, 2.24) is 0 Å². The highest BCUT2D eigenvalue weighted by molar-refractivity contribution is 6.02. The van der Waals surface area contributed by atoms with E-state index in [9.17, 15) is 30.0 Å². The maximum atomic E-state index is 12.1. The number of rotatable bonds is 2. The van der Waals surface area contributed by atoms with E-state index in [2.05, 4.69) is 0 Å². The van der Waals surface area contributed by atoms with Crippen LogP contribution in [0.1, 0.15) is 56.9 Å². The maximum absolute atomic E-state index is 12.1. The van der Waals surface area contributed by atoms with Gasteiger partial charge in [0.1, 0.15) is 40.8 Å². The van der Waals surface area contributed by atoms with Crippen LogP contribution in [0, 0.1) is 0 Å². The number of ether oxygens (including phenoxy) is 2. The van der Waals surface area contributed by atoms with Crippen LogP contribution in [-0.4, -0.2) is 32.0 Å². The zero-order valence-corrected chi connectivity index (χ0v) is 20.1. The van der Waals surface area contributed by atoms with Gasteiger partial charge in [0.05, 0.1) is 18.4 Å². The first-order valence-corrected chi connectivity index (χ1v) is 11.9. The molecule has 2 aliphatic rings. The number of carbonyl (C=O) groups excluding carboxylic acids is 2. The number of phenolic OH excluding ortho intramolecular Hbond substituents is 4. The quantitative estimate of drug-likeness (QED) is 0.255. The topological polar surface area (TPSA) is 134 Å². The number of benzene rings is 4. The molecule has 1 unspecified atom stereocenters. The molecule has 0 aliphatic carbocycles. The first-order chi connectivity index (χ1) is 18.3. The summed E-state index contributed by atoms with van der Waals surface area (Å²) in [6.45, 7) is 0. The van der Waals surface area contributed by atoms with Crippen LogP contribution >= 0.6 is 0 Å². The van der Waals surface area contributed by atoms with Gasteiger partial charge >= 0.3 is 0 Å². The van der Waals surface area contributed by atoms with Gasteiger partial charge in [-0.2, -0.15) is 0 Å². The Morgan fingerprint density at radius 1 is 0.579 bits per heavy atom. The number of fused-ring (bicyclic) bond motifs is 2. The summed E-state index contributed by atoms with van der Waals surface area (Å²) in [6, 6.07) is 23.7. The first-order valence-electron chi connectivity index (χ1n) is 11.9. The Morgan fingerprint density at radius 2 is 1.24 bits per heavy atom. The molecule has 0 spiro atoms. The lowest BCUT2D eigenvalue weighted by molar-refractivity contribution is 0.0837. The van der Waals surface area contributed by atoms with E-state index in [0.29, 0.717) is 23.3 Å². The van der Waals surface area contributed by atoms with Crippen LogP contribution in [-0.2, 0) is 0 Å². The maximum Gasteiger partial charge on any atom is 0.174 e. The summed E-state index contributed by atoms with van der Waals surface area (Å²) in [5.41, 5.74) is 2.29. The number of ketones is 2. The number of para-hydroxylation sites is 1. The van der Waals surface area contributed by atoms with Gasteiger partial charge in [0.2, 0.25) is 0 Å². The molecule has 0 bridgehead atoms. The van der Waals surface area contributed by atoms with Gasteiger partial charge in [-0.05, 0) is 35.4 Å². The van der Waals surface area contributed by atoms with Crippen molar-refractivity contribution >= 4 is 11.6 Å². The van der Waals surface area contributed by atoms with Crippen molar-refractivity contribution in [3.8, 4) is 34.5 Å². The molecule has 8 heteroatoms. The van der Waals surface area contributed by atoms with Crippen LogP contribution < -0.4 is 9.47 Å². The molecule has 2 heterocycles. The highest BCUT2D eigenvalue weighted by Crippen LogP contribution is 2.42.